The highest BCUT2D eigenvalue weighted by atomic mass is 16.5. The molecule has 1 aliphatic rings. The van der Waals surface area contributed by atoms with Gasteiger partial charge in [0.1, 0.15) is 24.2 Å². The average molecular weight is 364 g/mol. The molecule has 0 bridgehead atoms. The van der Waals surface area contributed by atoms with Gasteiger partial charge in [-0.15, -0.1) is 0 Å². The smallest absolute Gasteiger partial charge is 0.330 e. The van der Waals surface area contributed by atoms with Gasteiger partial charge >= 0.3 is 5.97 Å². The summed E-state index contributed by atoms with van der Waals surface area (Å²) in [5.74, 6) is 1.32. The predicted molar refractivity (Wildman–Crippen MR) is 105 cm³/mol. The molecule has 1 atom stereocenters. The largest absolute Gasteiger partial charge is 0.489 e. The fraction of sp³-hybridized carbons (Fsp3) is 0.261. The van der Waals surface area contributed by atoms with E-state index in [1.54, 1.807) is 13.0 Å². The van der Waals surface area contributed by atoms with E-state index in [0.29, 0.717) is 13.2 Å². The van der Waals surface area contributed by atoms with Crippen LogP contribution in [0.15, 0.2) is 72.8 Å². The summed E-state index contributed by atoms with van der Waals surface area (Å²) in [6, 6.07) is 16.1. The number of rotatable bonds is 7. The van der Waals surface area contributed by atoms with Gasteiger partial charge in [0, 0.05) is 12.1 Å². The number of esters is 1. The van der Waals surface area contributed by atoms with E-state index in [9.17, 15) is 4.79 Å². The zero-order chi connectivity index (χ0) is 18.9. The van der Waals surface area contributed by atoms with Gasteiger partial charge in [-0.1, -0.05) is 48.6 Å². The second-order valence-electron chi connectivity index (χ2n) is 6.23. The third kappa shape index (κ3) is 5.74. The minimum absolute atomic E-state index is 0.0197. The number of ether oxygens (including phenoxy) is 3. The Morgan fingerprint density at radius 1 is 1.19 bits per heavy atom. The third-order valence-corrected chi connectivity index (χ3v) is 4.22. The number of allylic oxidation sites excluding steroid dienone is 2. The highest BCUT2D eigenvalue weighted by Gasteiger charge is 2.18. The minimum atomic E-state index is -0.336. The van der Waals surface area contributed by atoms with Crippen molar-refractivity contribution < 1.29 is 19.0 Å². The van der Waals surface area contributed by atoms with Crippen molar-refractivity contribution in [3.63, 3.8) is 0 Å². The summed E-state index contributed by atoms with van der Waals surface area (Å²) in [5, 5.41) is 0. The summed E-state index contributed by atoms with van der Waals surface area (Å²) in [5.41, 5.74) is 2.32. The maximum Gasteiger partial charge on any atom is 0.330 e. The normalized spacial score (nSPS) is 16.1. The molecule has 0 radical (unpaired) electrons. The van der Waals surface area contributed by atoms with Crippen LogP contribution in [0, 0.1) is 0 Å². The van der Waals surface area contributed by atoms with Crippen LogP contribution in [-0.4, -0.2) is 18.7 Å². The first-order valence-corrected chi connectivity index (χ1v) is 9.22. The summed E-state index contributed by atoms with van der Waals surface area (Å²) in [7, 11) is 0. The molecule has 2 aromatic carbocycles. The molecule has 0 fully saturated rings. The average Bonchev–Trinajstić information content (AvgIpc) is 2.70. The molecule has 0 saturated carbocycles. The number of benzene rings is 2. The Morgan fingerprint density at radius 3 is 2.85 bits per heavy atom. The maximum atomic E-state index is 11.3. The highest BCUT2D eigenvalue weighted by molar-refractivity contribution is 5.82. The first-order valence-electron chi connectivity index (χ1n) is 9.22. The molecule has 0 N–H and O–H groups in total. The van der Waals surface area contributed by atoms with E-state index in [2.05, 4.69) is 6.07 Å². The van der Waals surface area contributed by atoms with Gasteiger partial charge in [-0.05, 0) is 43.0 Å². The molecule has 4 nitrogen and oxygen atoms in total. The summed E-state index contributed by atoms with van der Waals surface area (Å²) < 4.78 is 16.8. The monoisotopic (exact) mass is 364 g/mol. The van der Waals surface area contributed by atoms with Crippen molar-refractivity contribution in [1.29, 1.82) is 0 Å². The van der Waals surface area contributed by atoms with Crippen LogP contribution in [0.1, 0.15) is 24.5 Å². The van der Waals surface area contributed by atoms with E-state index in [0.717, 1.165) is 29.9 Å². The van der Waals surface area contributed by atoms with E-state index < -0.39 is 0 Å². The lowest BCUT2D eigenvalue weighted by atomic mass is 10.0. The van der Waals surface area contributed by atoms with Crippen molar-refractivity contribution in [2.45, 2.75) is 32.5 Å². The molecule has 1 heterocycles. The molecule has 0 amide bonds. The fourth-order valence-electron chi connectivity index (χ4n) is 2.85. The second kappa shape index (κ2) is 9.62. The number of aryl methyl sites for hydroxylation is 1. The molecule has 1 aliphatic heterocycles. The molecule has 27 heavy (non-hydrogen) atoms. The zero-order valence-corrected chi connectivity index (χ0v) is 15.5. The molecule has 2 aromatic rings. The number of carbonyl (C=O) groups is 1. The van der Waals surface area contributed by atoms with Gasteiger partial charge in [0.15, 0.2) is 0 Å². The molecule has 0 saturated heterocycles. The van der Waals surface area contributed by atoms with Gasteiger partial charge in [-0.25, -0.2) is 4.79 Å². The standard InChI is InChI=1S/C23H24O4/c1-2-25-23(24)11-7-6-10-20-14-12-19-13-15-21(16-22(19)27-20)26-17-18-8-4-3-5-9-18/h3-11,13,15-16,20H,2,12,14,17H2,1H3. The van der Waals surface area contributed by atoms with Gasteiger partial charge in [0.2, 0.25) is 0 Å². The fourth-order valence-corrected chi connectivity index (χ4v) is 2.85. The highest BCUT2D eigenvalue weighted by Crippen LogP contribution is 2.32. The molecule has 3 rings (SSSR count). The zero-order valence-electron chi connectivity index (χ0n) is 15.5. The Bertz CT molecular complexity index is 808. The topological polar surface area (TPSA) is 44.8 Å². The Balaban J connectivity index is 1.57. The summed E-state index contributed by atoms with van der Waals surface area (Å²) in [6.07, 6.45) is 8.70. The SMILES string of the molecule is CCOC(=O)C=CC=CC1CCc2ccc(OCc3ccccc3)cc2O1. The second-order valence-corrected chi connectivity index (χ2v) is 6.23. The van der Waals surface area contributed by atoms with Gasteiger partial charge in [0.25, 0.3) is 0 Å². The van der Waals surface area contributed by atoms with E-state index in [1.165, 1.54) is 11.6 Å². The molecular weight excluding hydrogens is 340 g/mol. The quantitative estimate of drug-likeness (QED) is 0.408. The van der Waals surface area contributed by atoms with Crippen LogP contribution in [0.4, 0.5) is 0 Å². The van der Waals surface area contributed by atoms with Crippen molar-refractivity contribution in [3.8, 4) is 11.5 Å². The van der Waals surface area contributed by atoms with Crippen LogP contribution in [0.25, 0.3) is 0 Å². The van der Waals surface area contributed by atoms with Crippen molar-refractivity contribution in [2.75, 3.05) is 6.61 Å². The minimum Gasteiger partial charge on any atom is -0.489 e. The Morgan fingerprint density at radius 2 is 2.04 bits per heavy atom. The number of hydrogen-bond acceptors (Lipinski definition) is 4. The summed E-state index contributed by atoms with van der Waals surface area (Å²) >= 11 is 0. The van der Waals surface area contributed by atoms with Gasteiger partial charge in [-0.3, -0.25) is 0 Å². The Hall–Kier alpha value is -3.01. The van der Waals surface area contributed by atoms with Gasteiger partial charge < -0.3 is 14.2 Å². The molecule has 0 spiro atoms. The molecule has 4 heteroatoms. The van der Waals surface area contributed by atoms with Gasteiger partial charge in [0.05, 0.1) is 6.61 Å². The van der Waals surface area contributed by atoms with Crippen molar-refractivity contribution >= 4 is 5.97 Å². The molecule has 0 aliphatic carbocycles. The van der Waals surface area contributed by atoms with Crippen molar-refractivity contribution in [3.05, 3.63) is 84.0 Å². The van der Waals surface area contributed by atoms with E-state index in [1.807, 2.05) is 54.6 Å². The van der Waals surface area contributed by atoms with E-state index in [4.69, 9.17) is 14.2 Å². The van der Waals surface area contributed by atoms with Crippen LogP contribution < -0.4 is 9.47 Å². The van der Waals surface area contributed by atoms with E-state index >= 15 is 0 Å². The van der Waals surface area contributed by atoms with Gasteiger partial charge in [-0.2, -0.15) is 0 Å². The number of hydrogen-bond donors (Lipinski definition) is 0. The molecule has 140 valence electrons. The molecular formula is C23H24O4. The number of carbonyl (C=O) groups excluding carboxylic acids is 1. The first-order chi connectivity index (χ1) is 13.2. The number of fused-ring (bicyclic) bond motifs is 1. The van der Waals surface area contributed by atoms with Crippen LogP contribution in [0.3, 0.4) is 0 Å². The lowest BCUT2D eigenvalue weighted by Gasteiger charge is -2.24. The first kappa shape index (κ1) is 18.8. The third-order valence-electron chi connectivity index (χ3n) is 4.22. The van der Waals surface area contributed by atoms with Crippen LogP contribution in [0.5, 0.6) is 11.5 Å². The lowest BCUT2D eigenvalue weighted by Crippen LogP contribution is -2.20. The Labute approximate surface area is 160 Å². The van der Waals surface area contributed by atoms with E-state index in [-0.39, 0.29) is 12.1 Å². The van der Waals surface area contributed by atoms with Crippen LogP contribution in [0.2, 0.25) is 0 Å². The summed E-state index contributed by atoms with van der Waals surface area (Å²) in [6.45, 7) is 2.69. The molecule has 0 aromatic heterocycles. The van der Waals surface area contributed by atoms with Crippen molar-refractivity contribution in [1.82, 2.24) is 0 Å². The van der Waals surface area contributed by atoms with Crippen LogP contribution in [-0.2, 0) is 22.6 Å². The van der Waals surface area contributed by atoms with Crippen molar-refractivity contribution in [2.24, 2.45) is 0 Å². The maximum absolute atomic E-state index is 11.3. The Kier molecular flexibility index (Phi) is 6.69. The van der Waals surface area contributed by atoms with Crippen LogP contribution >= 0.6 is 0 Å². The molecule has 1 unspecified atom stereocenters. The lowest BCUT2D eigenvalue weighted by molar-refractivity contribution is -0.137. The summed E-state index contributed by atoms with van der Waals surface area (Å²) in [4.78, 5) is 11.3. The predicted octanol–water partition coefficient (Wildman–Crippen LogP) is 4.63.